The lowest BCUT2D eigenvalue weighted by atomic mass is 10.2. The van der Waals surface area contributed by atoms with E-state index in [4.69, 9.17) is 11.6 Å². The smallest absolute Gasteiger partial charge is 0.161 e. The highest BCUT2D eigenvalue weighted by atomic mass is 35.5. The molecule has 1 aromatic carbocycles. The number of benzene rings is 1. The van der Waals surface area contributed by atoms with Crippen LogP contribution in [0.15, 0.2) is 73.3 Å². The molecule has 0 unspecified atom stereocenters. The zero-order valence-corrected chi connectivity index (χ0v) is 13.8. The molecule has 0 atom stereocenters. The van der Waals surface area contributed by atoms with Crippen molar-refractivity contribution in [3.05, 3.63) is 78.3 Å². The van der Waals surface area contributed by atoms with Gasteiger partial charge in [0.15, 0.2) is 11.6 Å². The van der Waals surface area contributed by atoms with Crippen molar-refractivity contribution in [3.8, 4) is 17.2 Å². The molecule has 6 nitrogen and oxygen atoms in total. The van der Waals surface area contributed by atoms with E-state index in [0.717, 1.165) is 17.1 Å². The van der Waals surface area contributed by atoms with Crippen LogP contribution in [0.1, 0.15) is 0 Å². The fraction of sp³-hybridized carbons (Fsp3) is 0. The summed E-state index contributed by atoms with van der Waals surface area (Å²) >= 11 is 6.04. The Labute approximate surface area is 149 Å². The molecule has 0 saturated heterocycles. The van der Waals surface area contributed by atoms with Crippen molar-refractivity contribution in [1.29, 1.82) is 0 Å². The summed E-state index contributed by atoms with van der Waals surface area (Å²) in [4.78, 5) is 13.1. The summed E-state index contributed by atoms with van der Waals surface area (Å²) in [6.45, 7) is 0. The predicted octanol–water partition coefficient (Wildman–Crippen LogP) is 4.12. The Morgan fingerprint density at radius 3 is 2.76 bits per heavy atom. The minimum Gasteiger partial charge on any atom is -0.338 e. The maximum absolute atomic E-state index is 6.04. The molecule has 3 aromatic heterocycles. The van der Waals surface area contributed by atoms with Crippen molar-refractivity contribution in [3.63, 3.8) is 0 Å². The molecule has 0 aliphatic heterocycles. The summed E-state index contributed by atoms with van der Waals surface area (Å²) < 4.78 is 1.70. The Morgan fingerprint density at radius 1 is 0.960 bits per heavy atom. The summed E-state index contributed by atoms with van der Waals surface area (Å²) in [5.41, 5.74) is 1.67. The van der Waals surface area contributed by atoms with Crippen LogP contribution in [0.2, 0.25) is 5.02 Å². The zero-order valence-electron chi connectivity index (χ0n) is 13.0. The Hall–Kier alpha value is -3.25. The molecule has 122 valence electrons. The monoisotopic (exact) mass is 348 g/mol. The second-order valence-corrected chi connectivity index (χ2v) is 5.70. The standard InChI is InChI=1S/C18H13ClN6/c19-14-5-3-4-13(10-14)18-21-9-7-16(24-18)23-15-11-22-25(12-15)17-6-1-2-8-20-17/h1-12H,(H,21,23,24). The molecular formula is C18H13ClN6. The normalized spacial score (nSPS) is 10.6. The third-order valence-electron chi connectivity index (χ3n) is 3.48. The lowest BCUT2D eigenvalue weighted by Crippen LogP contribution is -1.97. The van der Waals surface area contributed by atoms with Crippen LogP contribution in [0.3, 0.4) is 0 Å². The first-order valence-corrected chi connectivity index (χ1v) is 7.98. The fourth-order valence-corrected chi connectivity index (χ4v) is 2.54. The molecule has 0 spiro atoms. The first-order chi connectivity index (χ1) is 12.3. The molecule has 0 fully saturated rings. The summed E-state index contributed by atoms with van der Waals surface area (Å²) in [6, 6.07) is 14.9. The minimum atomic E-state index is 0.601. The molecule has 0 amide bonds. The van der Waals surface area contributed by atoms with Gasteiger partial charge in [-0.1, -0.05) is 29.8 Å². The van der Waals surface area contributed by atoms with Gasteiger partial charge in [-0.3, -0.25) is 0 Å². The third kappa shape index (κ3) is 3.49. The highest BCUT2D eigenvalue weighted by Crippen LogP contribution is 2.21. The van der Waals surface area contributed by atoms with Crippen LogP contribution in [0.5, 0.6) is 0 Å². The van der Waals surface area contributed by atoms with Gasteiger partial charge >= 0.3 is 0 Å². The Morgan fingerprint density at radius 2 is 1.92 bits per heavy atom. The van der Waals surface area contributed by atoms with E-state index in [1.807, 2.05) is 48.7 Å². The SMILES string of the molecule is Clc1cccc(-c2nccc(Nc3cnn(-c4ccccn4)c3)n2)c1. The van der Waals surface area contributed by atoms with Crippen LogP contribution in [0.25, 0.3) is 17.2 Å². The second-order valence-electron chi connectivity index (χ2n) is 5.26. The number of rotatable bonds is 4. The van der Waals surface area contributed by atoms with Crippen molar-refractivity contribution in [1.82, 2.24) is 24.7 Å². The Kier molecular flexibility index (Phi) is 4.10. The van der Waals surface area contributed by atoms with Crippen molar-refractivity contribution >= 4 is 23.1 Å². The lowest BCUT2D eigenvalue weighted by Gasteiger charge is -2.05. The van der Waals surface area contributed by atoms with Gasteiger partial charge in [-0.15, -0.1) is 0 Å². The number of nitrogens with one attached hydrogen (secondary N) is 1. The lowest BCUT2D eigenvalue weighted by molar-refractivity contribution is 0.847. The number of pyridine rings is 1. The number of aromatic nitrogens is 5. The van der Waals surface area contributed by atoms with Crippen LogP contribution < -0.4 is 5.32 Å². The summed E-state index contributed by atoms with van der Waals surface area (Å²) in [5, 5.41) is 8.18. The molecule has 3 heterocycles. The summed E-state index contributed by atoms with van der Waals surface area (Å²) in [7, 11) is 0. The zero-order chi connectivity index (χ0) is 17.1. The molecule has 4 rings (SSSR count). The van der Waals surface area contributed by atoms with Crippen LogP contribution in [0, 0.1) is 0 Å². The first kappa shape index (κ1) is 15.3. The molecule has 1 N–H and O–H groups in total. The first-order valence-electron chi connectivity index (χ1n) is 7.60. The minimum absolute atomic E-state index is 0.601. The number of halogens is 1. The van der Waals surface area contributed by atoms with Crippen molar-refractivity contribution < 1.29 is 0 Å². The van der Waals surface area contributed by atoms with Gasteiger partial charge in [0.2, 0.25) is 0 Å². The number of hydrogen-bond acceptors (Lipinski definition) is 5. The quantitative estimate of drug-likeness (QED) is 0.600. The average Bonchev–Trinajstić information content (AvgIpc) is 3.11. The number of nitrogens with zero attached hydrogens (tertiary/aromatic N) is 5. The van der Waals surface area contributed by atoms with Gasteiger partial charge < -0.3 is 5.32 Å². The molecule has 4 aromatic rings. The molecule has 0 bridgehead atoms. The van der Waals surface area contributed by atoms with E-state index in [-0.39, 0.29) is 0 Å². The molecule has 7 heteroatoms. The van der Waals surface area contributed by atoms with E-state index in [1.165, 1.54) is 0 Å². The van der Waals surface area contributed by atoms with E-state index in [2.05, 4.69) is 25.4 Å². The Balaban J connectivity index is 1.58. The van der Waals surface area contributed by atoms with E-state index < -0.39 is 0 Å². The van der Waals surface area contributed by atoms with Gasteiger partial charge in [-0.05, 0) is 30.3 Å². The highest BCUT2D eigenvalue weighted by Gasteiger charge is 2.06. The molecule has 0 saturated carbocycles. The van der Waals surface area contributed by atoms with Crippen LogP contribution in [-0.4, -0.2) is 24.7 Å². The van der Waals surface area contributed by atoms with Gasteiger partial charge in [0, 0.05) is 23.0 Å². The largest absolute Gasteiger partial charge is 0.338 e. The van der Waals surface area contributed by atoms with Crippen LogP contribution >= 0.6 is 11.6 Å². The molecule has 0 radical (unpaired) electrons. The van der Waals surface area contributed by atoms with Crippen LogP contribution in [0.4, 0.5) is 11.5 Å². The number of anilines is 2. The van der Waals surface area contributed by atoms with Crippen molar-refractivity contribution in [2.45, 2.75) is 0 Å². The second kappa shape index (κ2) is 6.70. The molecular weight excluding hydrogens is 336 g/mol. The highest BCUT2D eigenvalue weighted by molar-refractivity contribution is 6.30. The van der Waals surface area contributed by atoms with E-state index in [0.29, 0.717) is 16.7 Å². The molecule has 0 aliphatic rings. The van der Waals surface area contributed by atoms with Gasteiger partial charge in [0.1, 0.15) is 5.82 Å². The Bertz CT molecular complexity index is 999. The predicted molar refractivity (Wildman–Crippen MR) is 97.1 cm³/mol. The fourth-order valence-electron chi connectivity index (χ4n) is 2.34. The topological polar surface area (TPSA) is 68.5 Å². The average molecular weight is 349 g/mol. The van der Waals surface area contributed by atoms with Gasteiger partial charge in [0.25, 0.3) is 0 Å². The maximum atomic E-state index is 6.04. The summed E-state index contributed by atoms with van der Waals surface area (Å²) in [6.07, 6.45) is 7.00. The van der Waals surface area contributed by atoms with E-state index >= 15 is 0 Å². The number of hydrogen-bond donors (Lipinski definition) is 1. The maximum Gasteiger partial charge on any atom is 0.161 e. The van der Waals surface area contributed by atoms with E-state index in [9.17, 15) is 0 Å². The summed E-state index contributed by atoms with van der Waals surface area (Å²) in [5.74, 6) is 2.02. The van der Waals surface area contributed by atoms with Crippen molar-refractivity contribution in [2.75, 3.05) is 5.32 Å². The van der Waals surface area contributed by atoms with Gasteiger partial charge in [-0.2, -0.15) is 5.10 Å². The van der Waals surface area contributed by atoms with Gasteiger partial charge in [-0.25, -0.2) is 19.6 Å². The third-order valence-corrected chi connectivity index (χ3v) is 3.71. The van der Waals surface area contributed by atoms with Crippen molar-refractivity contribution in [2.24, 2.45) is 0 Å². The van der Waals surface area contributed by atoms with Gasteiger partial charge in [0.05, 0.1) is 18.1 Å². The van der Waals surface area contributed by atoms with Crippen LogP contribution in [-0.2, 0) is 0 Å². The van der Waals surface area contributed by atoms with E-state index in [1.54, 1.807) is 29.3 Å². The molecule has 25 heavy (non-hydrogen) atoms. The molecule has 0 aliphatic carbocycles.